The monoisotopic (exact) mass is 383 g/mol. The fourth-order valence-corrected chi connectivity index (χ4v) is 3.33. The Morgan fingerprint density at radius 2 is 1.71 bits per heavy atom. The highest BCUT2D eigenvalue weighted by Gasteiger charge is 2.43. The number of hydrogen-bond donors (Lipinski definition) is 1. The first kappa shape index (κ1) is 19.3. The molecule has 7 nitrogen and oxygen atoms in total. The minimum Gasteiger partial charge on any atom is -0.503 e. The number of aliphatic hydroxyl groups is 1. The first-order valence-electron chi connectivity index (χ1n) is 8.56. The molecule has 1 atom stereocenters. The molecule has 1 heterocycles. The number of benzene rings is 2. The predicted octanol–water partition coefficient (Wildman–Crippen LogP) is 3.20. The van der Waals surface area contributed by atoms with Gasteiger partial charge in [-0.2, -0.15) is 0 Å². The number of anilines is 1. The lowest BCUT2D eigenvalue weighted by atomic mass is 9.96. The largest absolute Gasteiger partial charge is 0.503 e. The van der Waals surface area contributed by atoms with Crippen LogP contribution in [0.15, 0.2) is 53.8 Å². The van der Waals surface area contributed by atoms with E-state index in [4.69, 9.17) is 14.2 Å². The van der Waals surface area contributed by atoms with Gasteiger partial charge < -0.3 is 19.3 Å². The van der Waals surface area contributed by atoms with Crippen LogP contribution in [0.1, 0.15) is 18.5 Å². The quantitative estimate of drug-likeness (QED) is 0.825. The number of carbonyl (C=O) groups is 2. The number of carbonyl (C=O) groups excluding carboxylic acids is 2. The first-order valence-corrected chi connectivity index (χ1v) is 8.56. The van der Waals surface area contributed by atoms with Gasteiger partial charge in [0.2, 0.25) is 0 Å². The van der Waals surface area contributed by atoms with Gasteiger partial charge in [0.1, 0.15) is 5.75 Å². The lowest BCUT2D eigenvalue weighted by Gasteiger charge is -2.27. The van der Waals surface area contributed by atoms with Gasteiger partial charge in [-0.3, -0.25) is 14.5 Å². The number of hydrogen-bond acceptors (Lipinski definition) is 6. The second-order valence-corrected chi connectivity index (χ2v) is 6.21. The van der Waals surface area contributed by atoms with Crippen LogP contribution in [0.4, 0.5) is 5.69 Å². The Labute approximate surface area is 162 Å². The van der Waals surface area contributed by atoms with Crippen LogP contribution in [-0.4, -0.2) is 38.1 Å². The van der Waals surface area contributed by atoms with Crippen molar-refractivity contribution in [2.75, 3.05) is 26.2 Å². The molecule has 2 aromatic carbocycles. The van der Waals surface area contributed by atoms with E-state index in [-0.39, 0.29) is 5.57 Å². The number of amides is 1. The normalized spacial score (nSPS) is 16.4. The molecular weight excluding hydrogens is 362 g/mol. The van der Waals surface area contributed by atoms with Crippen LogP contribution >= 0.6 is 0 Å². The third-order valence-electron chi connectivity index (χ3n) is 4.64. The van der Waals surface area contributed by atoms with E-state index in [2.05, 4.69) is 0 Å². The molecule has 3 rings (SSSR count). The van der Waals surface area contributed by atoms with Crippen LogP contribution in [0.25, 0.3) is 0 Å². The molecular formula is C21H21NO6. The number of ether oxygens (including phenoxy) is 3. The molecule has 28 heavy (non-hydrogen) atoms. The second-order valence-electron chi connectivity index (χ2n) is 6.21. The molecule has 0 unspecified atom stereocenters. The van der Waals surface area contributed by atoms with Crippen LogP contribution in [0.3, 0.4) is 0 Å². The number of methoxy groups -OCH3 is 3. The number of rotatable bonds is 6. The van der Waals surface area contributed by atoms with Gasteiger partial charge in [0.15, 0.2) is 23.0 Å². The smallest absolute Gasteiger partial charge is 0.294 e. The molecule has 1 amide bonds. The molecule has 0 fully saturated rings. The molecule has 0 spiro atoms. The molecule has 1 N–H and O–H groups in total. The van der Waals surface area contributed by atoms with E-state index in [1.807, 2.05) is 0 Å². The average molecular weight is 383 g/mol. The van der Waals surface area contributed by atoms with E-state index in [1.165, 1.54) is 33.2 Å². The van der Waals surface area contributed by atoms with Gasteiger partial charge >= 0.3 is 0 Å². The molecule has 0 aliphatic carbocycles. The summed E-state index contributed by atoms with van der Waals surface area (Å²) in [6.07, 6.45) is 0. The summed E-state index contributed by atoms with van der Waals surface area (Å²) in [5, 5.41) is 10.4. The number of ketones is 1. The molecule has 0 bridgehead atoms. The highest BCUT2D eigenvalue weighted by Crippen LogP contribution is 2.43. The van der Waals surface area contributed by atoms with E-state index < -0.39 is 23.5 Å². The molecule has 1 aliphatic heterocycles. The Kier molecular flexibility index (Phi) is 5.26. The van der Waals surface area contributed by atoms with Crippen molar-refractivity contribution >= 4 is 17.4 Å². The summed E-state index contributed by atoms with van der Waals surface area (Å²) in [6, 6.07) is 11.2. The van der Waals surface area contributed by atoms with Gasteiger partial charge in [-0.25, -0.2) is 0 Å². The van der Waals surface area contributed by atoms with Gasteiger partial charge in [-0.05, 0) is 36.8 Å². The summed E-state index contributed by atoms with van der Waals surface area (Å²) in [5.41, 5.74) is 1.12. The maximum Gasteiger partial charge on any atom is 0.294 e. The summed E-state index contributed by atoms with van der Waals surface area (Å²) in [7, 11) is 4.54. The zero-order chi connectivity index (χ0) is 20.4. The lowest BCUT2D eigenvalue weighted by Crippen LogP contribution is -2.30. The number of Topliss-reactive ketones (excluding diaryl/α,β-unsaturated/α-hetero) is 1. The van der Waals surface area contributed by atoms with E-state index in [0.29, 0.717) is 28.5 Å². The average Bonchev–Trinajstić information content (AvgIpc) is 2.98. The van der Waals surface area contributed by atoms with Crippen LogP contribution in [0.5, 0.6) is 17.2 Å². The van der Waals surface area contributed by atoms with Crippen molar-refractivity contribution < 1.29 is 28.9 Å². The summed E-state index contributed by atoms with van der Waals surface area (Å²) >= 11 is 0. The molecule has 146 valence electrons. The molecule has 0 aromatic heterocycles. The zero-order valence-electron chi connectivity index (χ0n) is 16.1. The number of nitrogens with zero attached hydrogens (tertiary/aromatic N) is 1. The lowest BCUT2D eigenvalue weighted by molar-refractivity contribution is -0.117. The molecule has 2 aromatic rings. The van der Waals surface area contributed by atoms with Crippen molar-refractivity contribution in [1.29, 1.82) is 0 Å². The standard InChI is InChI=1S/C21H21NO6/c1-12(23)18-19(13-8-9-16(27-3)17(10-13)28-4)22(21(25)20(18)24)14-6-5-7-15(11-14)26-2/h5-11,19,24H,1-4H3/t19-/m0/s1. The summed E-state index contributed by atoms with van der Waals surface area (Å²) in [6.45, 7) is 1.32. The van der Waals surface area contributed by atoms with Crippen LogP contribution in [0, 0.1) is 0 Å². The minimum atomic E-state index is -0.808. The number of aliphatic hydroxyl groups excluding tert-OH is 1. The Morgan fingerprint density at radius 3 is 2.32 bits per heavy atom. The molecule has 1 aliphatic rings. The highest BCUT2D eigenvalue weighted by molar-refractivity contribution is 6.16. The third kappa shape index (κ3) is 3.15. The Bertz CT molecular complexity index is 965. The van der Waals surface area contributed by atoms with Crippen LogP contribution in [-0.2, 0) is 9.59 Å². The Hall–Kier alpha value is -3.48. The summed E-state index contributed by atoms with van der Waals surface area (Å²) < 4.78 is 15.9. The third-order valence-corrected chi connectivity index (χ3v) is 4.64. The van der Waals surface area contributed by atoms with Crippen molar-refractivity contribution in [2.24, 2.45) is 0 Å². The van der Waals surface area contributed by atoms with Gasteiger partial charge in [-0.1, -0.05) is 12.1 Å². The van der Waals surface area contributed by atoms with E-state index >= 15 is 0 Å². The molecule has 0 saturated carbocycles. The second kappa shape index (κ2) is 7.64. The summed E-state index contributed by atoms with van der Waals surface area (Å²) in [4.78, 5) is 26.5. The zero-order valence-corrected chi connectivity index (χ0v) is 16.1. The minimum absolute atomic E-state index is 0.0278. The van der Waals surface area contributed by atoms with E-state index in [1.54, 1.807) is 42.5 Å². The van der Waals surface area contributed by atoms with Gasteiger partial charge in [0, 0.05) is 11.8 Å². The van der Waals surface area contributed by atoms with Gasteiger partial charge in [0.05, 0.1) is 32.9 Å². The molecule has 0 radical (unpaired) electrons. The fourth-order valence-electron chi connectivity index (χ4n) is 3.33. The van der Waals surface area contributed by atoms with Crippen molar-refractivity contribution in [1.82, 2.24) is 0 Å². The fraction of sp³-hybridized carbons (Fsp3) is 0.238. The topological polar surface area (TPSA) is 85.3 Å². The van der Waals surface area contributed by atoms with Crippen molar-refractivity contribution in [3.8, 4) is 17.2 Å². The van der Waals surface area contributed by atoms with Gasteiger partial charge in [-0.15, -0.1) is 0 Å². The highest BCUT2D eigenvalue weighted by atomic mass is 16.5. The van der Waals surface area contributed by atoms with Crippen molar-refractivity contribution in [3.05, 3.63) is 59.4 Å². The molecule has 7 heteroatoms. The SMILES string of the molecule is COc1cccc(N2C(=O)C(O)=C(C(C)=O)[C@@H]2c2ccc(OC)c(OC)c2)c1. The maximum absolute atomic E-state index is 12.9. The van der Waals surface area contributed by atoms with Crippen molar-refractivity contribution in [3.63, 3.8) is 0 Å². The summed E-state index contributed by atoms with van der Waals surface area (Å²) in [5.74, 6) is -0.0927. The maximum atomic E-state index is 12.9. The Morgan fingerprint density at radius 1 is 1.00 bits per heavy atom. The predicted molar refractivity (Wildman–Crippen MR) is 103 cm³/mol. The van der Waals surface area contributed by atoms with Crippen LogP contribution in [0.2, 0.25) is 0 Å². The molecule has 0 saturated heterocycles. The van der Waals surface area contributed by atoms with E-state index in [9.17, 15) is 14.7 Å². The van der Waals surface area contributed by atoms with Crippen LogP contribution < -0.4 is 19.1 Å². The first-order chi connectivity index (χ1) is 13.4. The van der Waals surface area contributed by atoms with Crippen molar-refractivity contribution in [2.45, 2.75) is 13.0 Å². The Balaban J connectivity index is 2.19. The van der Waals surface area contributed by atoms with E-state index in [0.717, 1.165) is 0 Å². The van der Waals surface area contributed by atoms with Gasteiger partial charge in [0.25, 0.3) is 5.91 Å².